The lowest BCUT2D eigenvalue weighted by molar-refractivity contribution is 0.404. The second-order valence-electron chi connectivity index (χ2n) is 4.93. The summed E-state index contributed by atoms with van der Waals surface area (Å²) in [6.45, 7) is 6.85. The summed E-state index contributed by atoms with van der Waals surface area (Å²) in [6.07, 6.45) is 18.5. The molecule has 0 aromatic rings. The van der Waals surface area contributed by atoms with Gasteiger partial charge in [-0.15, -0.1) is 0 Å². The van der Waals surface area contributed by atoms with Crippen molar-refractivity contribution in [1.82, 2.24) is 0 Å². The van der Waals surface area contributed by atoms with Crippen molar-refractivity contribution >= 4 is 0 Å². The molecule has 0 aliphatic carbocycles. The largest absolute Gasteiger partial charge is 0.0888 e. The molecule has 0 spiro atoms. The van der Waals surface area contributed by atoms with Crippen LogP contribution in [0, 0.1) is 5.92 Å². The SMILES string of the molecule is CC/C=C/CCCC(CC)CCCCCC. The molecule has 0 N–H and O–H groups in total. The molecular formula is C16H32. The third-order valence-electron chi connectivity index (χ3n) is 3.43. The maximum Gasteiger partial charge on any atom is -0.0351 e. The molecule has 0 nitrogen and oxygen atoms in total. The minimum atomic E-state index is 0.992. The van der Waals surface area contributed by atoms with Crippen LogP contribution >= 0.6 is 0 Å². The lowest BCUT2D eigenvalue weighted by Crippen LogP contribution is -1.98. The Labute approximate surface area is 104 Å². The average Bonchev–Trinajstić information content (AvgIpc) is 2.31. The fourth-order valence-electron chi connectivity index (χ4n) is 2.22. The van der Waals surface area contributed by atoms with E-state index in [1.807, 2.05) is 0 Å². The molecule has 0 fully saturated rings. The lowest BCUT2D eigenvalue weighted by atomic mass is 9.93. The summed E-state index contributed by atoms with van der Waals surface area (Å²) in [6, 6.07) is 0. The van der Waals surface area contributed by atoms with E-state index in [9.17, 15) is 0 Å². The van der Waals surface area contributed by atoms with Crippen LogP contribution in [0.25, 0.3) is 0 Å². The van der Waals surface area contributed by atoms with E-state index in [2.05, 4.69) is 32.9 Å². The highest BCUT2D eigenvalue weighted by Crippen LogP contribution is 2.20. The highest BCUT2D eigenvalue weighted by molar-refractivity contribution is 4.80. The van der Waals surface area contributed by atoms with Gasteiger partial charge in [0.2, 0.25) is 0 Å². The van der Waals surface area contributed by atoms with Gasteiger partial charge in [-0.25, -0.2) is 0 Å². The van der Waals surface area contributed by atoms with E-state index in [0.717, 1.165) is 5.92 Å². The second kappa shape index (κ2) is 12.8. The molecule has 0 bridgehead atoms. The van der Waals surface area contributed by atoms with Gasteiger partial charge >= 0.3 is 0 Å². The zero-order valence-electron chi connectivity index (χ0n) is 11.8. The van der Waals surface area contributed by atoms with Gasteiger partial charge in [0.1, 0.15) is 0 Å². The van der Waals surface area contributed by atoms with Crippen LogP contribution < -0.4 is 0 Å². The molecule has 0 saturated heterocycles. The van der Waals surface area contributed by atoms with Gasteiger partial charge in [-0.3, -0.25) is 0 Å². The van der Waals surface area contributed by atoms with Crippen molar-refractivity contribution < 1.29 is 0 Å². The van der Waals surface area contributed by atoms with E-state index in [0.29, 0.717) is 0 Å². The first-order valence-electron chi connectivity index (χ1n) is 7.50. The molecule has 1 atom stereocenters. The number of unbranched alkanes of at least 4 members (excludes halogenated alkanes) is 4. The van der Waals surface area contributed by atoms with Crippen molar-refractivity contribution in [3.63, 3.8) is 0 Å². The monoisotopic (exact) mass is 224 g/mol. The summed E-state index contributed by atoms with van der Waals surface area (Å²) in [7, 11) is 0. The Morgan fingerprint density at radius 3 is 2.19 bits per heavy atom. The summed E-state index contributed by atoms with van der Waals surface area (Å²) in [5, 5.41) is 0. The van der Waals surface area contributed by atoms with Gasteiger partial charge in [0, 0.05) is 0 Å². The van der Waals surface area contributed by atoms with Gasteiger partial charge in [0.15, 0.2) is 0 Å². The van der Waals surface area contributed by atoms with Gasteiger partial charge < -0.3 is 0 Å². The molecule has 0 amide bonds. The predicted molar refractivity (Wildman–Crippen MR) is 75.8 cm³/mol. The van der Waals surface area contributed by atoms with Crippen LogP contribution in [-0.4, -0.2) is 0 Å². The highest BCUT2D eigenvalue weighted by atomic mass is 14.1. The van der Waals surface area contributed by atoms with Crippen LogP contribution in [0.4, 0.5) is 0 Å². The van der Waals surface area contributed by atoms with Crippen molar-refractivity contribution in [2.45, 2.75) is 85.0 Å². The summed E-state index contributed by atoms with van der Waals surface area (Å²) in [5.74, 6) is 0.992. The molecule has 0 rings (SSSR count). The van der Waals surface area contributed by atoms with Gasteiger partial charge in [-0.2, -0.15) is 0 Å². The topological polar surface area (TPSA) is 0 Å². The Hall–Kier alpha value is -0.260. The number of hydrogen-bond donors (Lipinski definition) is 0. The molecule has 96 valence electrons. The van der Waals surface area contributed by atoms with Gasteiger partial charge in [0.05, 0.1) is 0 Å². The first kappa shape index (κ1) is 15.7. The third-order valence-corrected chi connectivity index (χ3v) is 3.43. The van der Waals surface area contributed by atoms with Gasteiger partial charge in [0.25, 0.3) is 0 Å². The van der Waals surface area contributed by atoms with Crippen molar-refractivity contribution in [3.05, 3.63) is 12.2 Å². The van der Waals surface area contributed by atoms with E-state index >= 15 is 0 Å². The molecule has 0 aliphatic rings. The van der Waals surface area contributed by atoms with E-state index < -0.39 is 0 Å². The van der Waals surface area contributed by atoms with E-state index in [4.69, 9.17) is 0 Å². The molecule has 0 saturated carbocycles. The van der Waals surface area contributed by atoms with Crippen molar-refractivity contribution in [2.24, 2.45) is 5.92 Å². The Balaban J connectivity index is 3.40. The summed E-state index contributed by atoms with van der Waals surface area (Å²) in [5.41, 5.74) is 0. The molecule has 0 heterocycles. The summed E-state index contributed by atoms with van der Waals surface area (Å²) < 4.78 is 0. The molecular weight excluding hydrogens is 192 g/mol. The van der Waals surface area contributed by atoms with Crippen LogP contribution in [-0.2, 0) is 0 Å². The molecule has 0 aromatic carbocycles. The maximum atomic E-state index is 2.35. The first-order valence-corrected chi connectivity index (χ1v) is 7.50. The lowest BCUT2D eigenvalue weighted by Gasteiger charge is -2.13. The van der Waals surface area contributed by atoms with E-state index in [1.54, 1.807) is 0 Å². The molecule has 0 aromatic heterocycles. The average molecular weight is 224 g/mol. The van der Waals surface area contributed by atoms with Gasteiger partial charge in [-0.05, 0) is 25.2 Å². The Morgan fingerprint density at radius 1 is 0.812 bits per heavy atom. The molecule has 0 aliphatic heterocycles. The van der Waals surface area contributed by atoms with Crippen LogP contribution in [0.2, 0.25) is 0 Å². The quantitative estimate of drug-likeness (QED) is 0.293. The van der Waals surface area contributed by atoms with E-state index in [-0.39, 0.29) is 0 Å². The standard InChI is InChI=1S/C16H32/c1-4-7-9-11-13-15-16(6-3)14-12-10-8-5-2/h7,9,16H,4-6,8,10-15H2,1-3H3/b9-7+. The minimum absolute atomic E-state index is 0.992. The Bertz CT molecular complexity index is 146. The molecule has 16 heavy (non-hydrogen) atoms. The van der Waals surface area contributed by atoms with Crippen molar-refractivity contribution in [1.29, 1.82) is 0 Å². The zero-order chi connectivity index (χ0) is 12.1. The first-order chi connectivity index (χ1) is 7.85. The Morgan fingerprint density at radius 2 is 1.56 bits per heavy atom. The summed E-state index contributed by atoms with van der Waals surface area (Å²) in [4.78, 5) is 0. The number of hydrogen-bond acceptors (Lipinski definition) is 0. The van der Waals surface area contributed by atoms with Crippen LogP contribution in [0.5, 0.6) is 0 Å². The van der Waals surface area contributed by atoms with Crippen LogP contribution in [0.3, 0.4) is 0 Å². The number of allylic oxidation sites excluding steroid dienone is 2. The second-order valence-corrected chi connectivity index (χ2v) is 4.93. The fraction of sp³-hybridized carbons (Fsp3) is 0.875. The molecule has 1 unspecified atom stereocenters. The highest BCUT2D eigenvalue weighted by Gasteiger charge is 2.04. The fourth-order valence-corrected chi connectivity index (χ4v) is 2.22. The smallest absolute Gasteiger partial charge is 0.0351 e. The van der Waals surface area contributed by atoms with Gasteiger partial charge in [-0.1, -0.05) is 77.9 Å². The minimum Gasteiger partial charge on any atom is -0.0888 e. The Kier molecular flexibility index (Phi) is 12.6. The zero-order valence-corrected chi connectivity index (χ0v) is 11.8. The predicted octanol–water partition coefficient (Wildman–Crippen LogP) is 6.12. The normalized spacial score (nSPS) is 13.4. The maximum absolute atomic E-state index is 2.35. The van der Waals surface area contributed by atoms with Crippen molar-refractivity contribution in [2.75, 3.05) is 0 Å². The number of rotatable bonds is 11. The molecule has 0 radical (unpaired) electrons. The van der Waals surface area contributed by atoms with Crippen molar-refractivity contribution in [3.8, 4) is 0 Å². The van der Waals surface area contributed by atoms with Crippen LogP contribution in [0.1, 0.15) is 85.0 Å². The summed E-state index contributed by atoms with van der Waals surface area (Å²) >= 11 is 0. The third kappa shape index (κ3) is 10.3. The molecule has 0 heteroatoms. The van der Waals surface area contributed by atoms with Crippen LogP contribution in [0.15, 0.2) is 12.2 Å². The van der Waals surface area contributed by atoms with E-state index in [1.165, 1.54) is 64.2 Å².